The van der Waals surface area contributed by atoms with Crippen LogP contribution in [-0.2, 0) is 0 Å². The van der Waals surface area contributed by atoms with Gasteiger partial charge in [0.15, 0.2) is 0 Å². The lowest BCUT2D eigenvalue weighted by molar-refractivity contribution is 0.236. The molecule has 1 saturated heterocycles. The maximum absolute atomic E-state index is 3.40. The fourth-order valence-corrected chi connectivity index (χ4v) is 3.16. The number of rotatable bonds is 8. The first-order chi connectivity index (χ1) is 8.19. The molecule has 0 bridgehead atoms. The Morgan fingerprint density at radius 3 is 2.41 bits per heavy atom. The molecule has 1 aliphatic heterocycles. The highest BCUT2D eigenvalue weighted by Gasteiger charge is 2.34. The van der Waals surface area contributed by atoms with Crippen molar-refractivity contribution in [3.8, 4) is 0 Å². The van der Waals surface area contributed by atoms with Crippen molar-refractivity contribution in [3.05, 3.63) is 0 Å². The van der Waals surface area contributed by atoms with E-state index in [1.807, 2.05) is 0 Å². The molecule has 0 amide bonds. The summed E-state index contributed by atoms with van der Waals surface area (Å²) in [7, 11) is 2.09. The topological polar surface area (TPSA) is 15.3 Å². The van der Waals surface area contributed by atoms with E-state index in [1.165, 1.54) is 58.2 Å². The highest BCUT2D eigenvalue weighted by Crippen LogP contribution is 2.36. The van der Waals surface area contributed by atoms with Gasteiger partial charge in [-0.2, -0.15) is 0 Å². The van der Waals surface area contributed by atoms with Crippen molar-refractivity contribution in [1.82, 2.24) is 10.2 Å². The Labute approximate surface area is 108 Å². The maximum atomic E-state index is 3.40. The molecule has 1 fully saturated rings. The monoisotopic (exact) mass is 240 g/mol. The van der Waals surface area contributed by atoms with Crippen LogP contribution in [0.2, 0.25) is 0 Å². The van der Waals surface area contributed by atoms with Crippen molar-refractivity contribution in [3.63, 3.8) is 0 Å². The molecule has 102 valence electrons. The highest BCUT2D eigenvalue weighted by atomic mass is 15.2. The second kappa shape index (κ2) is 7.38. The summed E-state index contributed by atoms with van der Waals surface area (Å²) in [4.78, 5) is 2.69. The third kappa shape index (κ3) is 4.26. The maximum Gasteiger partial charge on any atom is 0.00619 e. The predicted octanol–water partition coefficient (Wildman–Crippen LogP) is 3.28. The first kappa shape index (κ1) is 15.0. The molecule has 1 aliphatic rings. The molecule has 0 aromatic rings. The Morgan fingerprint density at radius 2 is 1.94 bits per heavy atom. The van der Waals surface area contributed by atoms with Gasteiger partial charge in [0.2, 0.25) is 0 Å². The predicted molar refractivity (Wildman–Crippen MR) is 76.4 cm³/mol. The molecule has 2 nitrogen and oxygen atoms in total. The summed E-state index contributed by atoms with van der Waals surface area (Å²) in [5.41, 5.74) is 0.646. The molecule has 1 unspecified atom stereocenters. The standard InChI is InChI=1S/C15H32N2/c1-5-14(16-4)9-8-11-17-12-10-15(6-2,7-3)13-17/h14,16H,5-13H2,1-4H3. The van der Waals surface area contributed by atoms with Crippen molar-refractivity contribution in [2.24, 2.45) is 5.41 Å². The van der Waals surface area contributed by atoms with Crippen LogP contribution in [0, 0.1) is 5.41 Å². The molecule has 1 heterocycles. The molecule has 1 N–H and O–H groups in total. The van der Waals surface area contributed by atoms with E-state index in [4.69, 9.17) is 0 Å². The van der Waals surface area contributed by atoms with Gasteiger partial charge in [0.1, 0.15) is 0 Å². The fraction of sp³-hybridized carbons (Fsp3) is 1.00. The van der Waals surface area contributed by atoms with Crippen molar-refractivity contribution < 1.29 is 0 Å². The molecule has 0 saturated carbocycles. The molecule has 0 aliphatic carbocycles. The summed E-state index contributed by atoms with van der Waals surface area (Å²) >= 11 is 0. The minimum Gasteiger partial charge on any atom is -0.317 e. The fourth-order valence-electron chi connectivity index (χ4n) is 3.16. The second-order valence-corrected chi connectivity index (χ2v) is 5.77. The van der Waals surface area contributed by atoms with E-state index < -0.39 is 0 Å². The van der Waals surface area contributed by atoms with Crippen LogP contribution < -0.4 is 5.32 Å². The number of hydrogen-bond donors (Lipinski definition) is 1. The summed E-state index contributed by atoms with van der Waals surface area (Å²) in [6.45, 7) is 11.0. The van der Waals surface area contributed by atoms with Gasteiger partial charge in [0.25, 0.3) is 0 Å². The Kier molecular flexibility index (Phi) is 6.50. The van der Waals surface area contributed by atoms with E-state index in [2.05, 4.69) is 38.0 Å². The van der Waals surface area contributed by atoms with Gasteiger partial charge in [0.05, 0.1) is 0 Å². The Balaban J connectivity index is 2.22. The Hall–Kier alpha value is -0.0800. The zero-order valence-corrected chi connectivity index (χ0v) is 12.4. The quantitative estimate of drug-likeness (QED) is 0.700. The molecule has 0 spiro atoms. The molecule has 1 rings (SSSR count). The molecule has 17 heavy (non-hydrogen) atoms. The van der Waals surface area contributed by atoms with E-state index in [0.29, 0.717) is 5.41 Å². The van der Waals surface area contributed by atoms with Crippen LogP contribution in [0.25, 0.3) is 0 Å². The van der Waals surface area contributed by atoms with Crippen LogP contribution in [0.4, 0.5) is 0 Å². The van der Waals surface area contributed by atoms with Crippen LogP contribution in [0.1, 0.15) is 59.3 Å². The average Bonchev–Trinajstić information content (AvgIpc) is 2.79. The lowest BCUT2D eigenvalue weighted by Crippen LogP contribution is -2.29. The lowest BCUT2D eigenvalue weighted by Gasteiger charge is -2.26. The molecular formula is C15H32N2. The number of nitrogens with zero attached hydrogens (tertiary/aromatic N) is 1. The first-order valence-electron chi connectivity index (χ1n) is 7.59. The summed E-state index contributed by atoms with van der Waals surface area (Å²) in [6, 6.07) is 0.722. The van der Waals surface area contributed by atoms with E-state index >= 15 is 0 Å². The molecule has 1 atom stereocenters. The summed E-state index contributed by atoms with van der Waals surface area (Å²) in [6.07, 6.45) is 8.06. The summed E-state index contributed by atoms with van der Waals surface area (Å²) in [5, 5.41) is 3.40. The Morgan fingerprint density at radius 1 is 1.24 bits per heavy atom. The summed E-state index contributed by atoms with van der Waals surface area (Å²) in [5.74, 6) is 0. The SMILES string of the molecule is CCC(CCCN1CCC(CC)(CC)C1)NC. The van der Waals surface area contributed by atoms with Crippen molar-refractivity contribution in [2.45, 2.75) is 65.3 Å². The number of hydrogen-bond acceptors (Lipinski definition) is 2. The van der Waals surface area contributed by atoms with Crippen molar-refractivity contribution >= 4 is 0 Å². The van der Waals surface area contributed by atoms with Gasteiger partial charge in [-0.15, -0.1) is 0 Å². The lowest BCUT2D eigenvalue weighted by atomic mass is 9.82. The van der Waals surface area contributed by atoms with Gasteiger partial charge in [-0.1, -0.05) is 20.8 Å². The van der Waals surface area contributed by atoms with Gasteiger partial charge < -0.3 is 10.2 Å². The normalized spacial score (nSPS) is 21.9. The van der Waals surface area contributed by atoms with Crippen LogP contribution in [0.5, 0.6) is 0 Å². The van der Waals surface area contributed by atoms with Crippen LogP contribution in [-0.4, -0.2) is 37.6 Å². The zero-order chi connectivity index (χ0) is 12.7. The van der Waals surface area contributed by atoms with E-state index in [9.17, 15) is 0 Å². The Bertz CT molecular complexity index is 195. The van der Waals surface area contributed by atoms with Gasteiger partial charge >= 0.3 is 0 Å². The highest BCUT2D eigenvalue weighted by molar-refractivity contribution is 4.87. The molecule has 2 heteroatoms. The first-order valence-corrected chi connectivity index (χ1v) is 7.59. The third-order valence-corrected chi connectivity index (χ3v) is 4.95. The minimum absolute atomic E-state index is 0.646. The van der Waals surface area contributed by atoms with Crippen LogP contribution in [0.3, 0.4) is 0 Å². The van der Waals surface area contributed by atoms with Gasteiger partial charge in [0, 0.05) is 12.6 Å². The zero-order valence-electron chi connectivity index (χ0n) is 12.4. The minimum atomic E-state index is 0.646. The van der Waals surface area contributed by atoms with E-state index in [0.717, 1.165) is 6.04 Å². The smallest absolute Gasteiger partial charge is 0.00619 e. The molecular weight excluding hydrogens is 208 g/mol. The number of nitrogens with one attached hydrogen (secondary N) is 1. The van der Waals surface area contributed by atoms with Crippen molar-refractivity contribution in [2.75, 3.05) is 26.7 Å². The molecule has 0 radical (unpaired) electrons. The van der Waals surface area contributed by atoms with Gasteiger partial charge in [-0.05, 0) is 64.1 Å². The van der Waals surface area contributed by atoms with Crippen LogP contribution >= 0.6 is 0 Å². The van der Waals surface area contributed by atoms with E-state index in [1.54, 1.807) is 0 Å². The second-order valence-electron chi connectivity index (χ2n) is 5.77. The molecule has 0 aromatic heterocycles. The van der Waals surface area contributed by atoms with Gasteiger partial charge in [-0.25, -0.2) is 0 Å². The van der Waals surface area contributed by atoms with Gasteiger partial charge in [-0.3, -0.25) is 0 Å². The summed E-state index contributed by atoms with van der Waals surface area (Å²) < 4.78 is 0. The third-order valence-electron chi connectivity index (χ3n) is 4.95. The average molecular weight is 240 g/mol. The van der Waals surface area contributed by atoms with Crippen molar-refractivity contribution in [1.29, 1.82) is 0 Å². The van der Waals surface area contributed by atoms with Crippen LogP contribution in [0.15, 0.2) is 0 Å². The largest absolute Gasteiger partial charge is 0.317 e. The van der Waals surface area contributed by atoms with E-state index in [-0.39, 0.29) is 0 Å². The number of likely N-dealkylation sites (tertiary alicyclic amines) is 1. The molecule has 0 aromatic carbocycles.